The highest BCUT2D eigenvalue weighted by molar-refractivity contribution is 5.98. The molecule has 0 bridgehead atoms. The van der Waals surface area contributed by atoms with Gasteiger partial charge in [0.05, 0.1) is 23.6 Å². The minimum Gasteiger partial charge on any atom is -0.477 e. The van der Waals surface area contributed by atoms with E-state index in [2.05, 4.69) is 15.6 Å². The SMILES string of the molecule is CCOc1ncccc1-c1ccc(N2CCN(C(=O)C3(C(F)(F)F)CCCC3)C[C@H]2CC)c(C(=O)NC[C@H]2CCCN2)n1. The van der Waals surface area contributed by atoms with E-state index in [0.717, 1.165) is 19.4 Å². The number of aromatic nitrogens is 2. The van der Waals surface area contributed by atoms with Crippen LogP contribution < -0.4 is 20.3 Å². The summed E-state index contributed by atoms with van der Waals surface area (Å²) in [5.41, 5.74) is -0.299. The van der Waals surface area contributed by atoms with Crippen molar-refractivity contribution in [2.75, 3.05) is 44.2 Å². The van der Waals surface area contributed by atoms with Crippen molar-refractivity contribution in [3.05, 3.63) is 36.2 Å². The molecule has 9 nitrogen and oxygen atoms in total. The number of piperazine rings is 1. The number of halogens is 3. The Balaban J connectivity index is 1.44. The molecule has 1 aliphatic carbocycles. The highest BCUT2D eigenvalue weighted by Crippen LogP contribution is 2.52. The van der Waals surface area contributed by atoms with Gasteiger partial charge in [-0.05, 0) is 69.8 Å². The number of rotatable bonds is 9. The number of carbonyl (C=O) groups is 2. The first kappa shape index (κ1) is 31.0. The van der Waals surface area contributed by atoms with Crippen molar-refractivity contribution >= 4 is 17.5 Å². The van der Waals surface area contributed by atoms with Crippen molar-refractivity contribution in [2.45, 2.75) is 77.1 Å². The lowest BCUT2D eigenvalue weighted by molar-refractivity contribution is -0.226. The van der Waals surface area contributed by atoms with Crippen LogP contribution in [0.15, 0.2) is 30.5 Å². The second kappa shape index (κ2) is 13.1. The van der Waals surface area contributed by atoms with Crippen molar-refractivity contribution in [1.82, 2.24) is 25.5 Å². The molecule has 2 aromatic heterocycles. The van der Waals surface area contributed by atoms with Crippen LogP contribution in [0, 0.1) is 5.41 Å². The van der Waals surface area contributed by atoms with E-state index in [1.165, 1.54) is 4.90 Å². The predicted octanol–water partition coefficient (Wildman–Crippen LogP) is 4.57. The number of hydrogen-bond acceptors (Lipinski definition) is 7. The van der Waals surface area contributed by atoms with E-state index >= 15 is 0 Å². The van der Waals surface area contributed by atoms with Crippen LogP contribution in [0.4, 0.5) is 18.9 Å². The molecule has 2 N–H and O–H groups in total. The van der Waals surface area contributed by atoms with Crippen molar-refractivity contribution in [3.63, 3.8) is 0 Å². The largest absolute Gasteiger partial charge is 0.477 e. The Labute approximate surface area is 250 Å². The van der Waals surface area contributed by atoms with E-state index in [1.807, 2.05) is 36.9 Å². The second-order valence-electron chi connectivity index (χ2n) is 11.7. The van der Waals surface area contributed by atoms with Gasteiger partial charge in [-0.3, -0.25) is 9.59 Å². The van der Waals surface area contributed by atoms with Gasteiger partial charge in [0, 0.05) is 44.5 Å². The van der Waals surface area contributed by atoms with Gasteiger partial charge in [-0.25, -0.2) is 9.97 Å². The molecule has 2 aromatic rings. The third-order valence-electron chi connectivity index (χ3n) is 9.05. The molecule has 0 spiro atoms. The molecule has 5 rings (SSSR count). The molecule has 2 amide bonds. The monoisotopic (exact) mass is 602 g/mol. The van der Waals surface area contributed by atoms with E-state index in [4.69, 9.17) is 9.72 Å². The van der Waals surface area contributed by atoms with Gasteiger partial charge in [-0.2, -0.15) is 13.2 Å². The van der Waals surface area contributed by atoms with E-state index < -0.39 is 17.5 Å². The summed E-state index contributed by atoms with van der Waals surface area (Å²) in [6, 6.07) is 7.17. The summed E-state index contributed by atoms with van der Waals surface area (Å²) < 4.78 is 48.3. The van der Waals surface area contributed by atoms with Gasteiger partial charge in [0.2, 0.25) is 11.8 Å². The lowest BCUT2D eigenvalue weighted by atomic mass is 9.83. The molecule has 2 aliphatic heterocycles. The zero-order chi connectivity index (χ0) is 30.6. The normalized spacial score (nSPS) is 22.1. The topological polar surface area (TPSA) is 99.7 Å². The quantitative estimate of drug-likeness (QED) is 0.434. The fourth-order valence-corrected chi connectivity index (χ4v) is 6.67. The summed E-state index contributed by atoms with van der Waals surface area (Å²) in [6.45, 7) is 6.18. The molecular formula is C31H41F3N6O3. The molecule has 0 aromatic carbocycles. The highest BCUT2D eigenvalue weighted by Gasteiger charge is 2.62. The summed E-state index contributed by atoms with van der Waals surface area (Å²) in [5.74, 6) is -0.732. The number of pyridine rings is 2. The maximum atomic E-state index is 14.2. The third kappa shape index (κ3) is 6.30. The minimum absolute atomic E-state index is 0.138. The maximum Gasteiger partial charge on any atom is 0.403 e. The van der Waals surface area contributed by atoms with Gasteiger partial charge in [0.25, 0.3) is 5.91 Å². The fraction of sp³-hybridized carbons (Fsp3) is 0.613. The number of hydrogen-bond donors (Lipinski definition) is 2. The van der Waals surface area contributed by atoms with Crippen LogP contribution in [0.2, 0.25) is 0 Å². The Morgan fingerprint density at radius 1 is 1.14 bits per heavy atom. The number of ether oxygens (including phenoxy) is 1. The standard InChI is InChI=1S/C31H41F3N6O3/c1-3-22-20-39(29(42)30(31(32,33)34)13-5-6-14-30)17-18-40(22)25-12-11-24(23-10-8-16-36-28(23)43-4-2)38-26(25)27(41)37-19-21-9-7-15-35-21/h8,10-12,16,21-22,35H,3-7,9,13-15,17-20H2,1-2H3,(H,37,41)/t21-,22-/m1/s1. The molecule has 4 heterocycles. The highest BCUT2D eigenvalue weighted by atomic mass is 19.4. The van der Waals surface area contributed by atoms with E-state index in [1.54, 1.807) is 12.3 Å². The molecule has 3 fully saturated rings. The van der Waals surface area contributed by atoms with Gasteiger partial charge in [-0.1, -0.05) is 19.8 Å². The number of anilines is 1. The van der Waals surface area contributed by atoms with Gasteiger partial charge < -0.3 is 25.2 Å². The molecule has 3 aliphatic rings. The smallest absolute Gasteiger partial charge is 0.403 e. The molecule has 43 heavy (non-hydrogen) atoms. The van der Waals surface area contributed by atoms with Gasteiger partial charge in [0.15, 0.2) is 5.69 Å². The summed E-state index contributed by atoms with van der Waals surface area (Å²) >= 11 is 0. The number of amides is 2. The molecule has 2 saturated heterocycles. The van der Waals surface area contributed by atoms with Gasteiger partial charge in [-0.15, -0.1) is 0 Å². The van der Waals surface area contributed by atoms with E-state index in [-0.39, 0.29) is 49.6 Å². The van der Waals surface area contributed by atoms with Crippen molar-refractivity contribution in [2.24, 2.45) is 5.41 Å². The van der Waals surface area contributed by atoms with Crippen molar-refractivity contribution < 1.29 is 27.5 Å². The molecule has 234 valence electrons. The fourth-order valence-electron chi connectivity index (χ4n) is 6.67. The third-order valence-corrected chi connectivity index (χ3v) is 9.05. The summed E-state index contributed by atoms with van der Waals surface area (Å²) in [6.07, 6.45) is 0.144. The number of carbonyl (C=O) groups excluding carboxylic acids is 2. The molecule has 12 heteroatoms. The Bertz CT molecular complexity index is 1290. The number of alkyl halides is 3. The molecule has 2 atom stereocenters. The summed E-state index contributed by atoms with van der Waals surface area (Å²) in [4.78, 5) is 39.7. The summed E-state index contributed by atoms with van der Waals surface area (Å²) in [5, 5.41) is 6.41. The van der Waals surface area contributed by atoms with E-state index in [9.17, 15) is 22.8 Å². The first-order valence-electron chi connectivity index (χ1n) is 15.4. The molecule has 0 unspecified atom stereocenters. The number of nitrogens with one attached hydrogen (secondary N) is 2. The maximum absolute atomic E-state index is 14.2. The summed E-state index contributed by atoms with van der Waals surface area (Å²) in [7, 11) is 0. The van der Waals surface area contributed by atoms with Crippen LogP contribution in [-0.4, -0.2) is 84.3 Å². The average Bonchev–Trinajstić information content (AvgIpc) is 3.73. The van der Waals surface area contributed by atoms with Crippen molar-refractivity contribution in [3.8, 4) is 17.1 Å². The Morgan fingerprint density at radius 2 is 1.93 bits per heavy atom. The van der Waals surface area contributed by atoms with Crippen LogP contribution >= 0.6 is 0 Å². The van der Waals surface area contributed by atoms with Crippen LogP contribution in [0.5, 0.6) is 5.88 Å². The second-order valence-corrected chi connectivity index (χ2v) is 11.7. The zero-order valence-electron chi connectivity index (χ0n) is 24.9. The Kier molecular flexibility index (Phi) is 9.43. The lowest BCUT2D eigenvalue weighted by Crippen LogP contribution is -2.60. The van der Waals surface area contributed by atoms with Crippen LogP contribution in [0.3, 0.4) is 0 Å². The van der Waals surface area contributed by atoms with Gasteiger partial charge in [0.1, 0.15) is 5.41 Å². The lowest BCUT2D eigenvalue weighted by Gasteiger charge is -2.45. The first-order chi connectivity index (χ1) is 20.7. The van der Waals surface area contributed by atoms with Crippen molar-refractivity contribution in [1.29, 1.82) is 0 Å². The molecular weight excluding hydrogens is 561 g/mol. The van der Waals surface area contributed by atoms with Crippen LogP contribution in [0.1, 0.15) is 69.3 Å². The first-order valence-corrected chi connectivity index (χ1v) is 15.4. The minimum atomic E-state index is -4.58. The zero-order valence-corrected chi connectivity index (χ0v) is 24.9. The Morgan fingerprint density at radius 3 is 2.60 bits per heavy atom. The predicted molar refractivity (Wildman–Crippen MR) is 157 cm³/mol. The molecule has 1 saturated carbocycles. The molecule has 0 radical (unpaired) electrons. The number of nitrogens with zero attached hydrogens (tertiary/aromatic N) is 4. The van der Waals surface area contributed by atoms with Crippen LogP contribution in [0.25, 0.3) is 11.3 Å². The Hall–Kier alpha value is -3.41. The van der Waals surface area contributed by atoms with Crippen LogP contribution in [-0.2, 0) is 4.79 Å². The average molecular weight is 603 g/mol. The van der Waals surface area contributed by atoms with Gasteiger partial charge >= 0.3 is 6.18 Å². The van der Waals surface area contributed by atoms with E-state index in [0.29, 0.717) is 61.8 Å².